The first kappa shape index (κ1) is 7.72. The first-order valence-corrected chi connectivity index (χ1v) is 3.44. The summed E-state index contributed by atoms with van der Waals surface area (Å²) in [6.45, 7) is 0. The Morgan fingerprint density at radius 3 is 3.27 bits per heavy atom. The number of amidine groups is 1. The second-order valence-corrected chi connectivity index (χ2v) is 2.19. The van der Waals surface area contributed by atoms with Gasteiger partial charge in [-0.3, -0.25) is 9.98 Å². The Labute approximate surface area is 66.0 Å². The molecule has 0 radical (unpaired) electrons. The topological polar surface area (TPSA) is 50.7 Å². The van der Waals surface area contributed by atoms with Gasteiger partial charge in [0.05, 0.1) is 0 Å². The van der Waals surface area contributed by atoms with Crippen molar-refractivity contribution in [3.05, 3.63) is 23.9 Å². The Kier molecular flexibility index (Phi) is 2.60. The number of allylic oxidation sites excluding steroid dienone is 2. The molecule has 1 aliphatic rings. The molecule has 0 amide bonds. The maximum absolute atomic E-state index is 5.59. The van der Waals surface area contributed by atoms with Crippen LogP contribution in [0.2, 0.25) is 0 Å². The van der Waals surface area contributed by atoms with E-state index in [0.717, 1.165) is 12.0 Å². The Hall–Kier alpha value is -1.38. The predicted octanol–water partition coefficient (Wildman–Crippen LogP) is 0.888. The van der Waals surface area contributed by atoms with Crippen molar-refractivity contribution in [3.8, 4) is 0 Å². The van der Waals surface area contributed by atoms with Gasteiger partial charge in [-0.05, 0) is 12.5 Å². The van der Waals surface area contributed by atoms with E-state index in [1.807, 2.05) is 12.2 Å². The van der Waals surface area contributed by atoms with E-state index in [1.54, 1.807) is 19.5 Å². The van der Waals surface area contributed by atoms with Crippen LogP contribution in [0.1, 0.15) is 6.42 Å². The molecule has 1 aliphatic heterocycles. The molecule has 2 N–H and O–H groups in total. The molecule has 0 atom stereocenters. The molecule has 0 aromatic heterocycles. The summed E-state index contributed by atoms with van der Waals surface area (Å²) in [5, 5.41) is 0. The van der Waals surface area contributed by atoms with Crippen LogP contribution >= 0.6 is 0 Å². The van der Waals surface area contributed by atoms with E-state index >= 15 is 0 Å². The number of rotatable bonds is 1. The van der Waals surface area contributed by atoms with Crippen LogP contribution in [0.4, 0.5) is 0 Å². The van der Waals surface area contributed by atoms with Crippen LogP contribution in [0.25, 0.3) is 0 Å². The van der Waals surface area contributed by atoms with E-state index in [9.17, 15) is 0 Å². The number of hydrogen-bond donors (Lipinski definition) is 1. The number of nitrogens with zero attached hydrogens (tertiary/aromatic N) is 2. The van der Waals surface area contributed by atoms with Gasteiger partial charge in [0, 0.05) is 25.0 Å². The minimum atomic E-state index is 0.564. The van der Waals surface area contributed by atoms with Gasteiger partial charge < -0.3 is 5.73 Å². The van der Waals surface area contributed by atoms with E-state index in [0.29, 0.717) is 5.84 Å². The Morgan fingerprint density at radius 2 is 2.55 bits per heavy atom. The van der Waals surface area contributed by atoms with Crippen LogP contribution in [0.3, 0.4) is 0 Å². The molecular weight excluding hydrogens is 138 g/mol. The van der Waals surface area contributed by atoms with Crippen molar-refractivity contribution in [2.75, 3.05) is 7.05 Å². The van der Waals surface area contributed by atoms with Crippen LogP contribution in [-0.4, -0.2) is 19.1 Å². The smallest absolute Gasteiger partial charge is 0.123 e. The predicted molar refractivity (Wildman–Crippen MR) is 47.9 cm³/mol. The molecule has 0 saturated heterocycles. The first-order valence-electron chi connectivity index (χ1n) is 3.44. The van der Waals surface area contributed by atoms with E-state index in [1.165, 1.54) is 0 Å². The Bertz CT molecular complexity index is 246. The molecule has 0 aromatic carbocycles. The van der Waals surface area contributed by atoms with Gasteiger partial charge in [0.15, 0.2) is 0 Å². The largest absolute Gasteiger partial charge is 0.384 e. The lowest BCUT2D eigenvalue weighted by atomic mass is 10.2. The van der Waals surface area contributed by atoms with Crippen molar-refractivity contribution in [1.82, 2.24) is 0 Å². The van der Waals surface area contributed by atoms with Crippen molar-refractivity contribution in [3.63, 3.8) is 0 Å². The molecule has 0 bridgehead atoms. The lowest BCUT2D eigenvalue weighted by Crippen LogP contribution is -2.13. The lowest BCUT2D eigenvalue weighted by molar-refractivity contribution is 1.26. The number of nitrogens with two attached hydrogens (primary N) is 1. The first-order chi connectivity index (χ1) is 5.34. The summed E-state index contributed by atoms with van der Waals surface area (Å²) in [5.74, 6) is 0.564. The van der Waals surface area contributed by atoms with Gasteiger partial charge in [-0.1, -0.05) is 6.08 Å². The van der Waals surface area contributed by atoms with Crippen LogP contribution in [0, 0.1) is 0 Å². The fraction of sp³-hybridized carbons (Fsp3) is 0.250. The molecule has 0 unspecified atom stereocenters. The molecule has 0 spiro atoms. The highest BCUT2D eigenvalue weighted by Crippen LogP contribution is 2.04. The highest BCUT2D eigenvalue weighted by atomic mass is 14.8. The van der Waals surface area contributed by atoms with Crippen molar-refractivity contribution >= 4 is 12.1 Å². The minimum Gasteiger partial charge on any atom is -0.384 e. The summed E-state index contributed by atoms with van der Waals surface area (Å²) in [7, 11) is 1.68. The molecule has 1 rings (SSSR count). The van der Waals surface area contributed by atoms with Crippen LogP contribution in [-0.2, 0) is 0 Å². The third-order valence-electron chi connectivity index (χ3n) is 1.45. The van der Waals surface area contributed by atoms with Gasteiger partial charge in [0.25, 0.3) is 0 Å². The summed E-state index contributed by atoms with van der Waals surface area (Å²) in [6, 6.07) is 0. The van der Waals surface area contributed by atoms with E-state index < -0.39 is 0 Å². The molecular formula is C8H11N3. The van der Waals surface area contributed by atoms with Gasteiger partial charge in [0.1, 0.15) is 5.84 Å². The molecule has 3 heteroatoms. The standard InChI is InChI=1S/C8H11N3/c1-10-8(9)7-4-2-3-5-11-6-7/h2-3,5-6H,4H2,1H3,(H2,9,10). The van der Waals surface area contributed by atoms with Crippen LogP contribution < -0.4 is 5.73 Å². The fourth-order valence-corrected chi connectivity index (χ4v) is 0.806. The van der Waals surface area contributed by atoms with Gasteiger partial charge >= 0.3 is 0 Å². The summed E-state index contributed by atoms with van der Waals surface area (Å²) in [6.07, 6.45) is 8.17. The van der Waals surface area contributed by atoms with Gasteiger partial charge in [-0.15, -0.1) is 0 Å². The minimum absolute atomic E-state index is 0.564. The second-order valence-electron chi connectivity index (χ2n) is 2.19. The Morgan fingerprint density at radius 1 is 1.73 bits per heavy atom. The van der Waals surface area contributed by atoms with Crippen LogP contribution in [0.5, 0.6) is 0 Å². The monoisotopic (exact) mass is 149 g/mol. The summed E-state index contributed by atoms with van der Waals surface area (Å²) in [4.78, 5) is 7.86. The zero-order valence-electron chi connectivity index (χ0n) is 6.49. The van der Waals surface area contributed by atoms with E-state index in [-0.39, 0.29) is 0 Å². The molecule has 1 heterocycles. The van der Waals surface area contributed by atoms with Gasteiger partial charge in [-0.2, -0.15) is 0 Å². The van der Waals surface area contributed by atoms with E-state index in [4.69, 9.17) is 5.73 Å². The number of hydrogen-bond acceptors (Lipinski definition) is 2. The molecule has 0 saturated carbocycles. The molecule has 0 aliphatic carbocycles. The van der Waals surface area contributed by atoms with Gasteiger partial charge in [-0.25, -0.2) is 0 Å². The van der Waals surface area contributed by atoms with Crippen molar-refractivity contribution in [2.24, 2.45) is 15.7 Å². The summed E-state index contributed by atoms with van der Waals surface area (Å²) in [5.41, 5.74) is 6.56. The van der Waals surface area contributed by atoms with E-state index in [2.05, 4.69) is 9.98 Å². The molecule has 3 nitrogen and oxygen atoms in total. The summed E-state index contributed by atoms with van der Waals surface area (Å²) >= 11 is 0. The highest BCUT2D eigenvalue weighted by Gasteiger charge is 1.99. The maximum Gasteiger partial charge on any atom is 0.123 e. The van der Waals surface area contributed by atoms with Crippen molar-refractivity contribution in [1.29, 1.82) is 0 Å². The highest BCUT2D eigenvalue weighted by molar-refractivity contribution is 5.97. The Balaban J connectivity index is 2.80. The average molecular weight is 149 g/mol. The molecule has 58 valence electrons. The molecule has 11 heavy (non-hydrogen) atoms. The van der Waals surface area contributed by atoms with Crippen molar-refractivity contribution < 1.29 is 0 Å². The molecule has 0 aromatic rings. The zero-order chi connectivity index (χ0) is 8.10. The van der Waals surface area contributed by atoms with Crippen LogP contribution in [0.15, 0.2) is 33.9 Å². The maximum atomic E-state index is 5.59. The molecule has 0 fully saturated rings. The average Bonchev–Trinajstić information content (AvgIpc) is 2.30. The lowest BCUT2D eigenvalue weighted by Gasteiger charge is -1.99. The second kappa shape index (κ2) is 3.71. The summed E-state index contributed by atoms with van der Waals surface area (Å²) < 4.78 is 0. The quantitative estimate of drug-likeness (QED) is 0.437. The fourth-order valence-electron chi connectivity index (χ4n) is 0.806. The third kappa shape index (κ3) is 2.04. The third-order valence-corrected chi connectivity index (χ3v) is 1.45. The van der Waals surface area contributed by atoms with Crippen molar-refractivity contribution in [2.45, 2.75) is 6.42 Å². The number of aliphatic imine (C=N–C) groups is 2. The van der Waals surface area contributed by atoms with Gasteiger partial charge in [0.2, 0.25) is 0 Å². The SMILES string of the molecule is CN=C(N)C1=CN=CC=CC1. The zero-order valence-corrected chi connectivity index (χ0v) is 6.49. The normalized spacial score (nSPS) is 17.9.